The van der Waals surface area contributed by atoms with Crippen molar-refractivity contribution >= 4 is 28.5 Å². The number of aromatic nitrogens is 1. The molecule has 5 nitrogen and oxygen atoms in total. The smallest absolute Gasteiger partial charge is 0.270 e. The first kappa shape index (κ1) is 13.1. The lowest BCUT2D eigenvalue weighted by molar-refractivity contribution is 0.0904. The summed E-state index contributed by atoms with van der Waals surface area (Å²) in [4.78, 5) is 18.9. The van der Waals surface area contributed by atoms with Gasteiger partial charge in [0.2, 0.25) is 0 Å². The van der Waals surface area contributed by atoms with Crippen molar-refractivity contribution in [1.29, 1.82) is 0 Å². The van der Waals surface area contributed by atoms with E-state index in [9.17, 15) is 4.79 Å². The number of nitrogens with zero attached hydrogens (tertiary/aromatic N) is 2. The number of hydrogen-bond acceptors (Lipinski definition) is 4. The van der Waals surface area contributed by atoms with Crippen molar-refractivity contribution in [3.05, 3.63) is 29.2 Å². The van der Waals surface area contributed by atoms with E-state index in [-0.39, 0.29) is 11.9 Å². The van der Waals surface area contributed by atoms with Crippen LogP contribution < -0.4 is 5.32 Å². The van der Waals surface area contributed by atoms with Crippen LogP contribution in [0.2, 0.25) is 5.22 Å². The molecule has 0 aliphatic carbocycles. The Morgan fingerprint density at radius 1 is 1.43 bits per heavy atom. The van der Waals surface area contributed by atoms with Gasteiger partial charge in [0.1, 0.15) is 11.3 Å². The van der Waals surface area contributed by atoms with Crippen LogP contribution in [0.1, 0.15) is 23.3 Å². The Morgan fingerprint density at radius 3 is 3.19 bits per heavy atom. The molecule has 0 saturated carbocycles. The quantitative estimate of drug-likeness (QED) is 0.925. The number of halogens is 1. The number of nitrogens with one attached hydrogen (secondary N) is 1. The third-order valence-electron chi connectivity index (χ3n) is 4.41. The second kappa shape index (κ2) is 5.00. The highest BCUT2D eigenvalue weighted by Gasteiger charge is 2.33. The molecule has 2 aliphatic rings. The molecule has 2 aromatic heterocycles. The molecule has 2 aromatic rings. The molecule has 4 heterocycles. The first-order valence-electron chi connectivity index (χ1n) is 7.26. The molecule has 0 aromatic carbocycles. The van der Waals surface area contributed by atoms with Gasteiger partial charge in [-0.1, -0.05) is 0 Å². The Labute approximate surface area is 127 Å². The molecule has 21 heavy (non-hydrogen) atoms. The van der Waals surface area contributed by atoms with Crippen molar-refractivity contribution in [2.75, 3.05) is 19.6 Å². The van der Waals surface area contributed by atoms with E-state index >= 15 is 0 Å². The van der Waals surface area contributed by atoms with Crippen molar-refractivity contribution < 1.29 is 9.21 Å². The summed E-state index contributed by atoms with van der Waals surface area (Å²) in [5.41, 5.74) is 0.967. The van der Waals surface area contributed by atoms with Crippen LogP contribution in [0.25, 0.3) is 11.0 Å². The van der Waals surface area contributed by atoms with Gasteiger partial charge in [0, 0.05) is 42.8 Å². The predicted octanol–water partition coefficient (Wildman–Crippen LogP) is 2.31. The summed E-state index contributed by atoms with van der Waals surface area (Å²) in [7, 11) is 0. The van der Waals surface area contributed by atoms with Gasteiger partial charge in [-0.2, -0.15) is 0 Å². The fourth-order valence-corrected chi connectivity index (χ4v) is 3.65. The van der Waals surface area contributed by atoms with Crippen LogP contribution in [0.15, 0.2) is 22.7 Å². The van der Waals surface area contributed by atoms with E-state index in [1.807, 2.05) is 0 Å². The van der Waals surface area contributed by atoms with Crippen molar-refractivity contribution in [2.24, 2.45) is 5.92 Å². The number of pyridine rings is 1. The summed E-state index contributed by atoms with van der Waals surface area (Å²) in [5, 5.41) is 4.20. The van der Waals surface area contributed by atoms with Crippen LogP contribution >= 0.6 is 11.6 Å². The van der Waals surface area contributed by atoms with Crippen LogP contribution in [-0.4, -0.2) is 41.5 Å². The lowest BCUT2D eigenvalue weighted by atomic mass is 9.97. The largest absolute Gasteiger partial charge is 0.445 e. The van der Waals surface area contributed by atoms with E-state index < -0.39 is 0 Å². The second-order valence-electron chi connectivity index (χ2n) is 5.98. The topological polar surface area (TPSA) is 58.4 Å². The Kier molecular flexibility index (Phi) is 3.12. The van der Waals surface area contributed by atoms with Gasteiger partial charge in [0.25, 0.3) is 5.91 Å². The minimum Gasteiger partial charge on any atom is -0.445 e. The van der Waals surface area contributed by atoms with Gasteiger partial charge in [-0.3, -0.25) is 9.78 Å². The summed E-state index contributed by atoms with van der Waals surface area (Å²) in [6.07, 6.45) is 3.94. The molecule has 2 fully saturated rings. The fourth-order valence-electron chi connectivity index (χ4n) is 3.45. The van der Waals surface area contributed by atoms with Gasteiger partial charge in [-0.15, -0.1) is 0 Å². The maximum absolute atomic E-state index is 12.3. The molecule has 2 bridgehead atoms. The molecule has 110 valence electrons. The number of carbonyl (C=O) groups is 1. The maximum Gasteiger partial charge on any atom is 0.270 e. The molecule has 4 rings (SSSR count). The Morgan fingerprint density at radius 2 is 2.33 bits per heavy atom. The van der Waals surface area contributed by atoms with Crippen LogP contribution in [0.3, 0.4) is 0 Å². The fraction of sp³-hybridized carbons (Fsp3) is 0.467. The molecule has 1 N–H and O–H groups in total. The second-order valence-corrected chi connectivity index (χ2v) is 6.35. The minimum absolute atomic E-state index is 0.142. The van der Waals surface area contributed by atoms with Crippen molar-refractivity contribution in [3.8, 4) is 0 Å². The zero-order chi connectivity index (χ0) is 14.4. The molecule has 2 aliphatic heterocycles. The highest BCUT2D eigenvalue weighted by Crippen LogP contribution is 2.27. The number of hydrogen-bond donors (Lipinski definition) is 1. The normalized spacial score (nSPS) is 28.0. The number of fused-ring (bicyclic) bond motifs is 3. The first-order chi connectivity index (χ1) is 10.2. The molecule has 3 unspecified atom stereocenters. The van der Waals surface area contributed by atoms with Gasteiger partial charge in [-0.25, -0.2) is 0 Å². The highest BCUT2D eigenvalue weighted by molar-refractivity contribution is 6.29. The molecule has 2 saturated heterocycles. The average Bonchev–Trinajstić information content (AvgIpc) is 2.99. The van der Waals surface area contributed by atoms with Gasteiger partial charge in [0.05, 0.1) is 0 Å². The van der Waals surface area contributed by atoms with Gasteiger partial charge in [0.15, 0.2) is 5.22 Å². The van der Waals surface area contributed by atoms with E-state index in [2.05, 4.69) is 15.2 Å². The standard InChI is InChI=1S/C15H16ClN3O2/c16-14-4-10-6-17-12(5-13(10)21-14)15(20)18-11-3-9-1-2-19(7-9)8-11/h4-6,9,11H,1-3,7-8H2,(H,18,20). The van der Waals surface area contributed by atoms with Crippen molar-refractivity contribution in [1.82, 2.24) is 15.2 Å². The number of furan rings is 1. The first-order valence-corrected chi connectivity index (χ1v) is 7.63. The summed E-state index contributed by atoms with van der Waals surface area (Å²) in [5.74, 6) is 0.584. The molecular formula is C15H16ClN3O2. The van der Waals surface area contributed by atoms with Crippen molar-refractivity contribution in [2.45, 2.75) is 18.9 Å². The number of carbonyl (C=O) groups excluding carboxylic acids is 1. The van der Waals surface area contributed by atoms with Crippen molar-refractivity contribution in [3.63, 3.8) is 0 Å². The van der Waals surface area contributed by atoms with Gasteiger partial charge >= 0.3 is 0 Å². The molecule has 6 heteroatoms. The third kappa shape index (κ3) is 2.51. The monoisotopic (exact) mass is 305 g/mol. The van der Waals surface area contributed by atoms with E-state index in [1.54, 1.807) is 18.3 Å². The van der Waals surface area contributed by atoms with E-state index in [0.29, 0.717) is 16.5 Å². The Hall–Kier alpha value is -1.59. The van der Waals surface area contributed by atoms with Crippen LogP contribution in [0, 0.1) is 5.92 Å². The number of piperidine rings is 1. The average molecular weight is 306 g/mol. The van der Waals surface area contributed by atoms with E-state index in [1.165, 1.54) is 13.0 Å². The summed E-state index contributed by atoms with van der Waals surface area (Å²) >= 11 is 5.81. The summed E-state index contributed by atoms with van der Waals surface area (Å²) in [6.45, 7) is 3.28. The van der Waals surface area contributed by atoms with Crippen LogP contribution in [0.5, 0.6) is 0 Å². The number of amides is 1. The number of rotatable bonds is 2. The zero-order valence-electron chi connectivity index (χ0n) is 11.5. The SMILES string of the molecule is O=C(NC1CC2CCN(C2)C1)c1cc2oc(Cl)cc2cn1. The van der Waals surface area contributed by atoms with Gasteiger partial charge in [-0.05, 0) is 36.9 Å². The maximum atomic E-state index is 12.3. The van der Waals surface area contributed by atoms with Crippen LogP contribution in [0.4, 0.5) is 0 Å². The Balaban J connectivity index is 1.50. The summed E-state index contributed by atoms with van der Waals surface area (Å²) < 4.78 is 5.33. The summed E-state index contributed by atoms with van der Waals surface area (Å²) in [6, 6.07) is 3.56. The molecule has 0 radical (unpaired) electrons. The molecule has 1 amide bonds. The lowest BCUT2D eigenvalue weighted by Gasteiger charge is -2.30. The minimum atomic E-state index is -0.142. The highest BCUT2D eigenvalue weighted by atomic mass is 35.5. The third-order valence-corrected chi connectivity index (χ3v) is 4.59. The molecule has 0 spiro atoms. The van der Waals surface area contributed by atoms with E-state index in [4.69, 9.17) is 16.0 Å². The molecular weight excluding hydrogens is 290 g/mol. The molecule has 3 atom stereocenters. The lowest BCUT2D eigenvalue weighted by Crippen LogP contribution is -2.47. The van der Waals surface area contributed by atoms with Gasteiger partial charge < -0.3 is 14.6 Å². The Bertz CT molecular complexity index is 687. The zero-order valence-corrected chi connectivity index (χ0v) is 12.3. The predicted molar refractivity (Wildman–Crippen MR) is 79.4 cm³/mol. The van der Waals surface area contributed by atoms with E-state index in [0.717, 1.165) is 30.8 Å². The van der Waals surface area contributed by atoms with Crippen LogP contribution in [-0.2, 0) is 0 Å².